The van der Waals surface area contributed by atoms with Crippen LogP contribution in [0.1, 0.15) is 0 Å². The number of aromatic nitrogens is 8. The van der Waals surface area contributed by atoms with Crippen LogP contribution in [-0.4, -0.2) is 36.5 Å². The third kappa shape index (κ3) is 14.0. The third-order valence-electron chi connectivity index (χ3n) is 25.4. The molecule has 0 aliphatic heterocycles. The number of rotatable bonds is 11. The number of hydrogen-bond acceptors (Lipinski definition) is 0. The molecule has 27 aromatic rings. The van der Waals surface area contributed by atoms with Crippen molar-refractivity contribution < 1.29 is 98.1 Å². The molecule has 0 atom stereocenters. The van der Waals surface area contributed by atoms with Crippen molar-refractivity contribution in [3.63, 3.8) is 0 Å². The number of hydrogen-bond donors (Lipinski definition) is 0. The maximum absolute atomic E-state index is 3.74. The fourth-order valence-corrected chi connectivity index (χ4v) is 19.9. The Morgan fingerprint density at radius 3 is 0.740 bits per heavy atom. The van der Waals surface area contributed by atoms with Gasteiger partial charge in [0.15, 0.2) is 0 Å². The van der Waals surface area contributed by atoms with E-state index in [9.17, 15) is 0 Å². The van der Waals surface area contributed by atoms with Gasteiger partial charge in [0.25, 0.3) is 0 Å². The predicted molar refractivity (Wildman–Crippen MR) is 531 cm³/mol. The third-order valence-corrected chi connectivity index (χ3v) is 25.4. The molecular formula is C120H74N8Y3-6. The topological polar surface area (TPSA) is 39.4 Å². The zero-order chi connectivity index (χ0) is 84.3. The predicted octanol–water partition coefficient (Wildman–Crippen LogP) is 30.2. The van der Waals surface area contributed by atoms with E-state index in [1.807, 2.05) is 48.5 Å². The summed E-state index contributed by atoms with van der Waals surface area (Å²) in [6.45, 7) is 0. The average Bonchev–Trinajstić information content (AvgIpc) is 1.54. The van der Waals surface area contributed by atoms with Crippen LogP contribution >= 0.6 is 0 Å². The van der Waals surface area contributed by atoms with Crippen LogP contribution in [-0.2, 0) is 98.1 Å². The molecule has 0 fully saturated rings. The van der Waals surface area contributed by atoms with Gasteiger partial charge in [-0.05, 0) is 156 Å². The zero-order valence-electron chi connectivity index (χ0n) is 71.0. The van der Waals surface area contributed by atoms with Crippen molar-refractivity contribution in [3.05, 3.63) is 486 Å². The molecule has 0 bridgehead atoms. The van der Waals surface area contributed by atoms with Crippen LogP contribution in [0.25, 0.3) is 221 Å². The number of benzene rings is 19. The van der Waals surface area contributed by atoms with Crippen LogP contribution < -0.4 is 0 Å². The smallest absolute Gasteiger partial charge is 0.0562 e. The second kappa shape index (κ2) is 34.9. The number of para-hydroxylation sites is 14. The van der Waals surface area contributed by atoms with Crippen LogP contribution in [0.2, 0.25) is 0 Å². The van der Waals surface area contributed by atoms with Gasteiger partial charge in [-0.3, -0.25) is 0 Å². The molecule has 0 amide bonds. The van der Waals surface area contributed by atoms with E-state index in [1.165, 1.54) is 131 Å². The van der Waals surface area contributed by atoms with Crippen molar-refractivity contribution in [3.8, 4) is 78.9 Å². The molecule has 0 spiro atoms. The molecule has 0 saturated heterocycles. The first-order valence-corrected chi connectivity index (χ1v) is 43.4. The molecule has 3 radical (unpaired) electrons. The number of fused-ring (bicyclic) bond motifs is 19. The second-order valence-corrected chi connectivity index (χ2v) is 32.6. The Hall–Kier alpha value is -13.9. The molecule has 0 N–H and O–H groups in total. The summed E-state index contributed by atoms with van der Waals surface area (Å²) < 4.78 is 18.3. The van der Waals surface area contributed by atoms with Gasteiger partial charge in [0.05, 0.1) is 55.2 Å². The molecule has 0 aliphatic carbocycles. The Bertz CT molecular complexity index is 8980. The van der Waals surface area contributed by atoms with Crippen molar-refractivity contribution in [2.45, 2.75) is 0 Å². The van der Waals surface area contributed by atoms with Crippen LogP contribution in [0.15, 0.2) is 449 Å². The van der Waals surface area contributed by atoms with Crippen molar-refractivity contribution in [2.24, 2.45) is 0 Å². The summed E-state index contributed by atoms with van der Waals surface area (Å²) >= 11 is 0. The van der Waals surface area contributed by atoms with Gasteiger partial charge in [0, 0.05) is 180 Å². The minimum Gasteiger partial charge on any atom is -0.439 e. The minimum absolute atomic E-state index is 0. The van der Waals surface area contributed by atoms with Crippen molar-refractivity contribution in [2.75, 3.05) is 0 Å². The molecule has 11 heteroatoms. The fourth-order valence-electron chi connectivity index (χ4n) is 19.9. The fraction of sp³-hybridized carbons (Fsp3) is 0. The van der Waals surface area contributed by atoms with E-state index in [2.05, 4.69) is 474 Å². The van der Waals surface area contributed by atoms with Crippen molar-refractivity contribution in [1.82, 2.24) is 36.5 Å². The van der Waals surface area contributed by atoms with Crippen molar-refractivity contribution in [1.29, 1.82) is 0 Å². The quantitative estimate of drug-likeness (QED) is 0.116. The Morgan fingerprint density at radius 2 is 0.389 bits per heavy atom. The van der Waals surface area contributed by atoms with E-state index < -0.39 is 0 Å². The molecule has 19 aromatic carbocycles. The summed E-state index contributed by atoms with van der Waals surface area (Å²) in [7, 11) is 0. The van der Waals surface area contributed by atoms with Gasteiger partial charge in [-0.2, -0.15) is 72.8 Å². The second-order valence-electron chi connectivity index (χ2n) is 32.6. The maximum atomic E-state index is 3.74. The average molecular weight is 1890 g/mol. The Labute approximate surface area is 832 Å². The van der Waals surface area contributed by atoms with Crippen LogP contribution in [0.4, 0.5) is 0 Å². The molecule has 8 heterocycles. The summed E-state index contributed by atoms with van der Waals surface area (Å²) in [6.07, 6.45) is 11.1. The first-order valence-electron chi connectivity index (χ1n) is 43.4. The van der Waals surface area contributed by atoms with Gasteiger partial charge in [-0.25, -0.2) is 18.2 Å². The van der Waals surface area contributed by atoms with Gasteiger partial charge in [-0.1, -0.05) is 304 Å². The molecule has 27 rings (SSSR count). The van der Waals surface area contributed by atoms with Gasteiger partial charge >= 0.3 is 0 Å². The summed E-state index contributed by atoms with van der Waals surface area (Å²) in [5, 5.41) is 16.0. The van der Waals surface area contributed by atoms with Gasteiger partial charge < -0.3 is 36.5 Å². The number of nitrogens with zero attached hydrogens (tertiary/aromatic N) is 8. The first-order chi connectivity index (χ1) is 63.6. The summed E-state index contributed by atoms with van der Waals surface area (Å²) in [6, 6.07) is 169. The molecule has 609 valence electrons. The Kier molecular flexibility index (Phi) is 22.0. The molecule has 0 unspecified atom stereocenters. The maximum Gasteiger partial charge on any atom is 0.0562 e. The van der Waals surface area contributed by atoms with E-state index >= 15 is 0 Å². The van der Waals surface area contributed by atoms with Crippen LogP contribution in [0, 0.1) is 36.8 Å². The van der Waals surface area contributed by atoms with E-state index in [4.69, 9.17) is 0 Å². The molecule has 0 aliphatic rings. The van der Waals surface area contributed by atoms with Crippen molar-refractivity contribution >= 4 is 142 Å². The van der Waals surface area contributed by atoms with Gasteiger partial charge in [-0.15, -0.1) is 17.1 Å². The summed E-state index contributed by atoms with van der Waals surface area (Å²) in [5.74, 6) is 0. The Morgan fingerprint density at radius 1 is 0.153 bits per heavy atom. The van der Waals surface area contributed by atoms with Gasteiger partial charge in [0.2, 0.25) is 0 Å². The molecule has 0 saturated carbocycles. The molecular weight excluding hydrogens is 1820 g/mol. The van der Waals surface area contributed by atoms with E-state index in [0.29, 0.717) is 0 Å². The zero-order valence-corrected chi connectivity index (χ0v) is 79.5. The van der Waals surface area contributed by atoms with Crippen LogP contribution in [0.3, 0.4) is 0 Å². The molecule has 8 nitrogen and oxygen atoms in total. The van der Waals surface area contributed by atoms with Crippen LogP contribution in [0.5, 0.6) is 0 Å². The SMILES string of the molecule is [Y].[Y].[Y].[c-]1ccccc1-n1[c-]c(-c2ccc3c(c2)c2c4c5ccccc5n(-c5ccccc5)c4ccc2n3-c2ccccc2)c2ccccc21.[c-]1ccccc1-n1[c-]c(-c2ccc3c(c2)c2cc4c5ccccc5n(-c5ccccc5)c4cc2n3-c2ccccc2)c2ccccc21.[c-]1ccccc1-n1[c-]c(-c2ccc3c(c2)c2ccccc2n3-c2ccccc2)c2ccccc21. The summed E-state index contributed by atoms with van der Waals surface area (Å²) in [4.78, 5) is 0. The monoisotopic (exact) mass is 1890 g/mol. The van der Waals surface area contributed by atoms with E-state index in [1.54, 1.807) is 0 Å². The van der Waals surface area contributed by atoms with E-state index in [-0.39, 0.29) is 98.1 Å². The molecule has 8 aromatic heterocycles. The Balaban J connectivity index is 0.000000115. The van der Waals surface area contributed by atoms with Gasteiger partial charge in [0.1, 0.15) is 0 Å². The molecule has 131 heavy (non-hydrogen) atoms. The normalized spacial score (nSPS) is 11.5. The standard InChI is InChI=1S/2C44H27N3.C32H20N2.3Y/c1-4-14-31(15-5-1)45-29-39(35-21-10-12-22-40(35)45)30-24-25-42-36(26-30)38-27-37-34-20-11-13-23-41(34)46(32-16-6-2-7-17-32)43(37)28-44(38)47(42)33-18-8-3-9-19-33;1-4-14-31(15-5-1)45-29-37(34-20-10-12-22-38(34)45)30-24-25-40-36(28-30)44-42(47(40)33-18-8-3-9-19-33)27-26-41-43(44)35-21-11-13-23-39(35)46(41)32-16-6-2-7-17-32;1-3-11-24(12-4-1)33-22-29(27-16-7-9-17-30(27)33)23-19-20-32-28(21-23)26-15-8-10-18-31(26)34(32)25-13-5-2-6-14-25;;;/h2*1-14,16-28H;1-11,13-21H;;;/q3*-2;;;. The minimum atomic E-state index is 0. The first kappa shape index (κ1) is 82.8. The van der Waals surface area contributed by atoms with E-state index in [0.717, 1.165) is 89.7 Å². The summed E-state index contributed by atoms with van der Waals surface area (Å²) in [5.41, 5.74) is 30.8. The largest absolute Gasteiger partial charge is 0.439 e.